The molecule has 7 nitrogen and oxygen atoms in total. The number of halogens is 1. The third kappa shape index (κ3) is 4.00. The molecule has 1 aromatic heterocycles. The van der Waals surface area contributed by atoms with E-state index in [9.17, 15) is 10.1 Å². The fourth-order valence-corrected chi connectivity index (χ4v) is 2.53. The van der Waals surface area contributed by atoms with Crippen LogP contribution in [0.2, 0.25) is 5.02 Å². The lowest BCUT2D eigenvalue weighted by atomic mass is 10.2. The van der Waals surface area contributed by atoms with Crippen LogP contribution in [-0.2, 0) is 17.9 Å². The van der Waals surface area contributed by atoms with Gasteiger partial charge in [0, 0.05) is 29.4 Å². The monoisotopic (exact) mass is 337 g/mol. The third-order valence-electron chi connectivity index (χ3n) is 3.64. The Morgan fingerprint density at radius 2 is 2.22 bits per heavy atom. The standard InChI is InChI=1S/C15H16ClN3O4/c16-12-3-1-11(2-4-12)10-22-8-6-13-5-7-18-9-14(19(20)21)17-15(18)23-13/h1-4,9,13H,5-8,10H2/t13-/m1/s1. The molecule has 0 saturated heterocycles. The van der Waals surface area contributed by atoms with E-state index >= 15 is 0 Å². The van der Waals surface area contributed by atoms with Crippen molar-refractivity contribution in [1.29, 1.82) is 0 Å². The molecule has 0 amide bonds. The van der Waals surface area contributed by atoms with Crippen molar-refractivity contribution in [1.82, 2.24) is 9.55 Å². The van der Waals surface area contributed by atoms with Crippen molar-refractivity contribution in [3.63, 3.8) is 0 Å². The van der Waals surface area contributed by atoms with Gasteiger partial charge in [0.05, 0.1) is 13.2 Å². The second kappa shape index (κ2) is 6.97. The highest BCUT2D eigenvalue weighted by molar-refractivity contribution is 6.30. The molecule has 0 N–H and O–H groups in total. The number of hydrogen-bond donors (Lipinski definition) is 0. The zero-order valence-corrected chi connectivity index (χ0v) is 13.1. The molecule has 1 atom stereocenters. The smallest absolute Gasteiger partial charge is 0.414 e. The minimum Gasteiger partial charge on any atom is -0.442 e. The van der Waals surface area contributed by atoms with Gasteiger partial charge in [-0.05, 0) is 22.6 Å². The minimum atomic E-state index is -0.515. The number of rotatable bonds is 6. The van der Waals surface area contributed by atoms with Crippen LogP contribution in [0.4, 0.5) is 5.82 Å². The number of nitro groups is 1. The molecule has 0 unspecified atom stereocenters. The number of ether oxygens (including phenoxy) is 2. The SMILES string of the molecule is O=[N+]([O-])c1cn2c(n1)O[C@@H](CCOCc1ccc(Cl)cc1)CC2. The summed E-state index contributed by atoms with van der Waals surface area (Å²) in [7, 11) is 0. The summed E-state index contributed by atoms with van der Waals surface area (Å²) < 4.78 is 13.0. The summed E-state index contributed by atoms with van der Waals surface area (Å²) in [4.78, 5) is 14.1. The maximum absolute atomic E-state index is 10.7. The van der Waals surface area contributed by atoms with Gasteiger partial charge in [-0.15, -0.1) is 0 Å². The molecule has 0 bridgehead atoms. The first-order chi connectivity index (χ1) is 11.1. The van der Waals surface area contributed by atoms with Crippen LogP contribution in [0.5, 0.6) is 6.01 Å². The van der Waals surface area contributed by atoms with Crippen LogP contribution in [0.3, 0.4) is 0 Å². The predicted octanol–water partition coefficient (Wildman–Crippen LogP) is 3.20. The lowest BCUT2D eigenvalue weighted by molar-refractivity contribution is -0.389. The lowest BCUT2D eigenvalue weighted by Gasteiger charge is -2.21. The highest BCUT2D eigenvalue weighted by atomic mass is 35.5. The van der Waals surface area contributed by atoms with Gasteiger partial charge in [-0.2, -0.15) is 0 Å². The Morgan fingerprint density at radius 1 is 1.43 bits per heavy atom. The Morgan fingerprint density at radius 3 is 2.96 bits per heavy atom. The van der Waals surface area contributed by atoms with E-state index in [1.54, 1.807) is 4.57 Å². The Balaban J connectivity index is 1.44. The van der Waals surface area contributed by atoms with E-state index in [2.05, 4.69) is 4.98 Å². The third-order valence-corrected chi connectivity index (χ3v) is 3.90. The molecule has 1 aliphatic heterocycles. The second-order valence-corrected chi connectivity index (χ2v) is 5.76. The number of hydrogen-bond acceptors (Lipinski definition) is 5. The van der Waals surface area contributed by atoms with Gasteiger partial charge >= 0.3 is 11.8 Å². The van der Waals surface area contributed by atoms with E-state index in [0.717, 1.165) is 12.0 Å². The molecular weight excluding hydrogens is 322 g/mol. The van der Waals surface area contributed by atoms with Crippen LogP contribution >= 0.6 is 11.6 Å². The molecule has 2 heterocycles. The molecule has 0 fully saturated rings. The van der Waals surface area contributed by atoms with Crippen molar-refractivity contribution in [3.8, 4) is 6.01 Å². The second-order valence-electron chi connectivity index (χ2n) is 5.33. The predicted molar refractivity (Wildman–Crippen MR) is 83.6 cm³/mol. The first-order valence-electron chi connectivity index (χ1n) is 7.32. The van der Waals surface area contributed by atoms with Gasteiger partial charge in [0.25, 0.3) is 0 Å². The van der Waals surface area contributed by atoms with E-state index in [-0.39, 0.29) is 11.9 Å². The maximum Gasteiger partial charge on any atom is 0.414 e. The van der Waals surface area contributed by atoms with Crippen LogP contribution < -0.4 is 4.74 Å². The largest absolute Gasteiger partial charge is 0.442 e. The summed E-state index contributed by atoms with van der Waals surface area (Å²) in [5.74, 6) is -0.181. The molecule has 3 rings (SSSR count). The van der Waals surface area contributed by atoms with Crippen LogP contribution in [0, 0.1) is 10.1 Å². The van der Waals surface area contributed by atoms with Crippen LogP contribution in [0.1, 0.15) is 18.4 Å². The van der Waals surface area contributed by atoms with Crippen molar-refractivity contribution in [2.75, 3.05) is 6.61 Å². The van der Waals surface area contributed by atoms with E-state index in [0.29, 0.717) is 37.2 Å². The van der Waals surface area contributed by atoms with Gasteiger partial charge in [0.15, 0.2) is 0 Å². The summed E-state index contributed by atoms with van der Waals surface area (Å²) in [5, 5.41) is 11.4. The van der Waals surface area contributed by atoms with E-state index in [4.69, 9.17) is 21.1 Å². The molecule has 122 valence electrons. The van der Waals surface area contributed by atoms with Crippen molar-refractivity contribution in [2.45, 2.75) is 32.1 Å². The summed E-state index contributed by atoms with van der Waals surface area (Å²) >= 11 is 5.83. The van der Waals surface area contributed by atoms with Gasteiger partial charge in [-0.3, -0.25) is 4.57 Å². The fraction of sp³-hybridized carbons (Fsp3) is 0.400. The molecule has 0 aliphatic carbocycles. The number of imidazole rings is 1. The quantitative estimate of drug-likeness (QED) is 0.459. The summed E-state index contributed by atoms with van der Waals surface area (Å²) in [6.45, 7) is 1.73. The molecule has 0 saturated carbocycles. The topological polar surface area (TPSA) is 79.4 Å². The average Bonchev–Trinajstić information content (AvgIpc) is 2.97. The molecule has 23 heavy (non-hydrogen) atoms. The molecule has 2 aromatic rings. The van der Waals surface area contributed by atoms with E-state index < -0.39 is 4.92 Å². The molecule has 0 spiro atoms. The van der Waals surface area contributed by atoms with Crippen molar-refractivity contribution >= 4 is 17.4 Å². The van der Waals surface area contributed by atoms with Crippen LogP contribution in [0.25, 0.3) is 0 Å². The number of benzene rings is 1. The first kappa shape index (κ1) is 15.8. The Bertz CT molecular complexity index is 687. The van der Waals surface area contributed by atoms with Gasteiger partial charge in [0.2, 0.25) is 0 Å². The Hall–Kier alpha value is -2.12. The maximum atomic E-state index is 10.7. The number of aryl methyl sites for hydroxylation is 1. The highest BCUT2D eigenvalue weighted by Gasteiger charge is 2.27. The van der Waals surface area contributed by atoms with Crippen molar-refractivity contribution in [3.05, 3.63) is 51.2 Å². The molecule has 1 aliphatic rings. The Kier molecular flexibility index (Phi) is 4.78. The number of nitrogens with zero attached hydrogens (tertiary/aromatic N) is 3. The van der Waals surface area contributed by atoms with Crippen molar-refractivity contribution in [2.24, 2.45) is 0 Å². The fourth-order valence-electron chi connectivity index (χ4n) is 2.41. The number of aromatic nitrogens is 2. The van der Waals surface area contributed by atoms with E-state index in [1.807, 2.05) is 24.3 Å². The molecule has 8 heteroatoms. The van der Waals surface area contributed by atoms with Crippen molar-refractivity contribution < 1.29 is 14.4 Å². The average molecular weight is 338 g/mol. The zero-order valence-electron chi connectivity index (χ0n) is 12.4. The van der Waals surface area contributed by atoms with Gasteiger partial charge in [0.1, 0.15) is 12.3 Å². The highest BCUT2D eigenvalue weighted by Crippen LogP contribution is 2.25. The summed E-state index contributed by atoms with van der Waals surface area (Å²) in [6, 6.07) is 7.82. The van der Waals surface area contributed by atoms with Gasteiger partial charge in [-0.1, -0.05) is 23.7 Å². The molecular formula is C15H16ClN3O4. The van der Waals surface area contributed by atoms with Crippen LogP contribution in [-0.4, -0.2) is 27.2 Å². The van der Waals surface area contributed by atoms with E-state index in [1.165, 1.54) is 6.20 Å². The minimum absolute atomic E-state index is 0.0327. The Labute approximate surface area is 137 Å². The van der Waals surface area contributed by atoms with Gasteiger partial charge in [-0.25, -0.2) is 0 Å². The summed E-state index contributed by atoms with van der Waals surface area (Å²) in [6.07, 6.45) is 2.87. The van der Waals surface area contributed by atoms with Gasteiger partial charge < -0.3 is 19.6 Å². The molecule has 1 aromatic carbocycles. The zero-order chi connectivity index (χ0) is 16.2. The molecule has 0 radical (unpaired) electrons. The van der Waals surface area contributed by atoms with Crippen LogP contribution in [0.15, 0.2) is 30.5 Å². The first-order valence-corrected chi connectivity index (χ1v) is 7.70. The normalized spacial score (nSPS) is 16.7. The summed E-state index contributed by atoms with van der Waals surface area (Å²) in [5.41, 5.74) is 1.06. The number of fused-ring (bicyclic) bond motifs is 1. The lowest BCUT2D eigenvalue weighted by Crippen LogP contribution is -2.27.